The van der Waals surface area contributed by atoms with Gasteiger partial charge in [-0.25, -0.2) is 0 Å². The second-order valence-corrected chi connectivity index (χ2v) is 5.32. The molecule has 1 aromatic heterocycles. The summed E-state index contributed by atoms with van der Waals surface area (Å²) < 4.78 is 0.502. The average molecular weight is 223 g/mol. The van der Waals surface area contributed by atoms with E-state index in [9.17, 15) is 0 Å². The van der Waals surface area contributed by atoms with E-state index in [4.69, 9.17) is 0 Å². The van der Waals surface area contributed by atoms with Crippen molar-refractivity contribution in [2.45, 2.75) is 30.6 Å². The van der Waals surface area contributed by atoms with Crippen molar-refractivity contribution in [3.8, 4) is 0 Å². The van der Waals surface area contributed by atoms with Gasteiger partial charge in [-0.1, -0.05) is 6.42 Å². The Morgan fingerprint density at radius 1 is 1.47 bits per heavy atom. The normalized spacial score (nSPS) is 18.5. The minimum absolute atomic E-state index is 0.502. The van der Waals surface area contributed by atoms with Crippen molar-refractivity contribution in [3.05, 3.63) is 24.3 Å². The number of nitrogens with one attached hydrogen (secondary N) is 1. The van der Waals surface area contributed by atoms with Crippen LogP contribution in [-0.2, 0) is 6.54 Å². The fraction of sp³-hybridized carbons (Fsp3) is 0.636. The molecule has 0 spiro atoms. The summed E-state index contributed by atoms with van der Waals surface area (Å²) in [7, 11) is 0. The fourth-order valence-corrected chi connectivity index (χ4v) is 2.81. The van der Waals surface area contributed by atoms with Crippen LogP contribution in [0.1, 0.15) is 25.0 Å². The zero-order valence-electron chi connectivity index (χ0n) is 9.07. The maximum absolute atomic E-state index is 4.24. The van der Waals surface area contributed by atoms with E-state index in [1.54, 1.807) is 12.4 Å². The lowest BCUT2D eigenvalue weighted by Crippen LogP contribution is -2.43. The largest absolute Gasteiger partial charge is 0.310 e. The summed E-state index contributed by atoms with van der Waals surface area (Å²) in [5.41, 5.74) is 1.02. The van der Waals surface area contributed by atoms with Gasteiger partial charge in [0.05, 0.1) is 5.69 Å². The molecule has 0 saturated heterocycles. The molecule has 15 heavy (non-hydrogen) atoms. The summed E-state index contributed by atoms with van der Waals surface area (Å²) in [6.45, 7) is 1.92. The lowest BCUT2D eigenvalue weighted by molar-refractivity contribution is 0.345. The monoisotopic (exact) mass is 223 g/mol. The molecule has 0 aromatic carbocycles. The maximum atomic E-state index is 4.24. The van der Waals surface area contributed by atoms with Crippen LogP contribution in [-0.4, -0.2) is 27.5 Å². The molecule has 1 aliphatic carbocycles. The number of aromatic nitrogens is 2. The van der Waals surface area contributed by atoms with Crippen molar-refractivity contribution in [2.75, 3.05) is 12.8 Å². The Morgan fingerprint density at radius 3 is 2.87 bits per heavy atom. The molecule has 4 heteroatoms. The second-order valence-electron chi connectivity index (χ2n) is 4.04. The van der Waals surface area contributed by atoms with Gasteiger partial charge >= 0.3 is 0 Å². The molecule has 1 saturated carbocycles. The quantitative estimate of drug-likeness (QED) is 0.826. The van der Waals surface area contributed by atoms with E-state index in [0.29, 0.717) is 4.75 Å². The van der Waals surface area contributed by atoms with Crippen LogP contribution in [0.15, 0.2) is 18.6 Å². The summed E-state index contributed by atoms with van der Waals surface area (Å²) in [5.74, 6) is 0. The summed E-state index contributed by atoms with van der Waals surface area (Å²) in [6.07, 6.45) is 11.6. The zero-order valence-corrected chi connectivity index (χ0v) is 9.89. The van der Waals surface area contributed by atoms with E-state index in [-0.39, 0.29) is 0 Å². The van der Waals surface area contributed by atoms with Crippen LogP contribution < -0.4 is 5.32 Å². The van der Waals surface area contributed by atoms with Crippen molar-refractivity contribution >= 4 is 11.8 Å². The van der Waals surface area contributed by atoms with E-state index < -0.39 is 0 Å². The molecule has 0 unspecified atom stereocenters. The molecular formula is C11H17N3S. The SMILES string of the molecule is CSC1(CNCc2cnccn2)CCC1. The fourth-order valence-electron chi connectivity index (χ4n) is 1.86. The molecule has 1 heterocycles. The number of nitrogens with zero attached hydrogens (tertiary/aromatic N) is 2. The third-order valence-corrected chi connectivity index (χ3v) is 4.49. The topological polar surface area (TPSA) is 37.8 Å². The zero-order chi connectivity index (χ0) is 10.6. The predicted molar refractivity (Wildman–Crippen MR) is 63.8 cm³/mol. The van der Waals surface area contributed by atoms with Crippen LogP contribution in [0.4, 0.5) is 0 Å². The van der Waals surface area contributed by atoms with Crippen LogP contribution in [0.5, 0.6) is 0 Å². The molecule has 3 nitrogen and oxygen atoms in total. The van der Waals surface area contributed by atoms with E-state index in [1.165, 1.54) is 19.3 Å². The van der Waals surface area contributed by atoms with Gasteiger partial charge in [0.1, 0.15) is 0 Å². The van der Waals surface area contributed by atoms with E-state index in [1.807, 2.05) is 18.0 Å². The number of hydrogen-bond acceptors (Lipinski definition) is 4. The van der Waals surface area contributed by atoms with Crippen molar-refractivity contribution in [1.29, 1.82) is 0 Å². The second kappa shape index (κ2) is 4.94. The molecular weight excluding hydrogens is 206 g/mol. The summed E-state index contributed by atoms with van der Waals surface area (Å²) in [6, 6.07) is 0. The van der Waals surface area contributed by atoms with Crippen molar-refractivity contribution in [3.63, 3.8) is 0 Å². The van der Waals surface area contributed by atoms with Gasteiger partial charge in [0.25, 0.3) is 0 Å². The van der Waals surface area contributed by atoms with Crippen LogP contribution in [0.2, 0.25) is 0 Å². The summed E-state index contributed by atoms with van der Waals surface area (Å²) >= 11 is 2.00. The molecule has 0 atom stereocenters. The molecule has 0 bridgehead atoms. The molecule has 1 aromatic rings. The highest BCUT2D eigenvalue weighted by molar-refractivity contribution is 8.00. The van der Waals surface area contributed by atoms with Crippen molar-refractivity contribution in [1.82, 2.24) is 15.3 Å². The first kappa shape index (κ1) is 10.9. The van der Waals surface area contributed by atoms with Gasteiger partial charge in [-0.05, 0) is 19.1 Å². The maximum Gasteiger partial charge on any atom is 0.0724 e. The lowest BCUT2D eigenvalue weighted by atomic mass is 9.84. The van der Waals surface area contributed by atoms with Gasteiger partial charge < -0.3 is 5.32 Å². The highest BCUT2D eigenvalue weighted by atomic mass is 32.2. The smallest absolute Gasteiger partial charge is 0.0724 e. The Hall–Kier alpha value is -0.610. The Balaban J connectivity index is 1.75. The average Bonchev–Trinajstić information content (AvgIpc) is 2.24. The van der Waals surface area contributed by atoms with Gasteiger partial charge in [0.2, 0.25) is 0 Å². The van der Waals surface area contributed by atoms with Crippen LogP contribution in [0.25, 0.3) is 0 Å². The van der Waals surface area contributed by atoms with Gasteiger partial charge in [0, 0.05) is 36.4 Å². The van der Waals surface area contributed by atoms with Crippen LogP contribution in [0.3, 0.4) is 0 Å². The van der Waals surface area contributed by atoms with Gasteiger partial charge in [-0.3, -0.25) is 9.97 Å². The van der Waals surface area contributed by atoms with E-state index >= 15 is 0 Å². The predicted octanol–water partition coefficient (Wildman–Crippen LogP) is 1.85. The molecule has 0 aliphatic heterocycles. The molecule has 82 valence electrons. The minimum Gasteiger partial charge on any atom is -0.310 e. The minimum atomic E-state index is 0.502. The number of hydrogen-bond donors (Lipinski definition) is 1. The Kier molecular flexibility index (Phi) is 3.59. The lowest BCUT2D eigenvalue weighted by Gasteiger charge is -2.40. The van der Waals surface area contributed by atoms with Gasteiger partial charge in [0.15, 0.2) is 0 Å². The van der Waals surface area contributed by atoms with Crippen molar-refractivity contribution < 1.29 is 0 Å². The van der Waals surface area contributed by atoms with Gasteiger partial charge in [-0.2, -0.15) is 11.8 Å². The Morgan fingerprint density at radius 2 is 2.33 bits per heavy atom. The van der Waals surface area contributed by atoms with Crippen LogP contribution in [0, 0.1) is 0 Å². The van der Waals surface area contributed by atoms with E-state index in [2.05, 4.69) is 21.5 Å². The first-order chi connectivity index (χ1) is 7.35. The van der Waals surface area contributed by atoms with Crippen molar-refractivity contribution in [2.24, 2.45) is 0 Å². The van der Waals surface area contributed by atoms with E-state index in [0.717, 1.165) is 18.8 Å². The molecule has 2 rings (SSSR count). The number of rotatable bonds is 5. The summed E-state index contributed by atoms with van der Waals surface area (Å²) in [4.78, 5) is 8.28. The Labute approximate surface area is 95.1 Å². The molecule has 1 N–H and O–H groups in total. The molecule has 1 aliphatic rings. The van der Waals surface area contributed by atoms with Crippen LogP contribution >= 0.6 is 11.8 Å². The molecule has 0 radical (unpaired) electrons. The summed E-state index contributed by atoms with van der Waals surface area (Å²) in [5, 5.41) is 3.47. The first-order valence-corrected chi connectivity index (χ1v) is 6.58. The Bertz CT molecular complexity index is 292. The highest BCUT2D eigenvalue weighted by Gasteiger charge is 2.35. The number of thioether (sulfide) groups is 1. The third-order valence-electron chi connectivity index (χ3n) is 3.07. The standard InChI is InChI=1S/C11H17N3S/c1-15-11(3-2-4-11)9-13-8-10-7-12-5-6-14-10/h5-7,13H,2-4,8-9H2,1H3. The highest BCUT2D eigenvalue weighted by Crippen LogP contribution is 2.42. The molecule has 1 fully saturated rings. The third kappa shape index (κ3) is 2.69. The first-order valence-electron chi connectivity index (χ1n) is 5.35. The molecule has 0 amide bonds. The van der Waals surface area contributed by atoms with Gasteiger partial charge in [-0.15, -0.1) is 0 Å².